The number of rotatable bonds is 5. The normalized spacial score (nSPS) is 10.7. The Bertz CT molecular complexity index is 920. The molecule has 0 saturated carbocycles. The number of hydrogen-bond donors (Lipinski definition) is 0. The van der Waals surface area contributed by atoms with Crippen LogP contribution in [0.3, 0.4) is 0 Å². The summed E-state index contributed by atoms with van der Waals surface area (Å²) < 4.78 is 48.4. The van der Waals surface area contributed by atoms with Gasteiger partial charge in [-0.15, -0.1) is 10.2 Å². The van der Waals surface area contributed by atoms with Crippen LogP contribution in [0.15, 0.2) is 40.9 Å². The van der Waals surface area contributed by atoms with Crippen molar-refractivity contribution in [2.75, 3.05) is 0 Å². The molecule has 3 rings (SSSR count). The Kier molecular flexibility index (Phi) is 4.61. The second kappa shape index (κ2) is 7.00. The van der Waals surface area contributed by atoms with Crippen LogP contribution in [0, 0.1) is 17.1 Å². The summed E-state index contributed by atoms with van der Waals surface area (Å²) in [6, 6.07) is 8.61. The van der Waals surface area contributed by atoms with Gasteiger partial charge in [0.25, 0.3) is 5.89 Å². The summed E-state index contributed by atoms with van der Waals surface area (Å²) in [5.74, 6) is -1.22. The molecule has 3 aromatic rings. The number of hydrogen-bond acceptors (Lipinski definition) is 6. The van der Waals surface area contributed by atoms with Gasteiger partial charge in [-0.05, 0) is 24.3 Å². The summed E-state index contributed by atoms with van der Waals surface area (Å²) in [6.07, 6.45) is -1.47. The van der Waals surface area contributed by atoms with Crippen LogP contribution in [0.2, 0.25) is 0 Å². The van der Waals surface area contributed by atoms with Crippen molar-refractivity contribution in [2.45, 2.75) is 13.0 Å². The highest BCUT2D eigenvalue weighted by Crippen LogP contribution is 2.23. The number of nitrogens with zero attached hydrogens (tertiary/aromatic N) is 4. The molecule has 0 aliphatic carbocycles. The van der Waals surface area contributed by atoms with Crippen molar-refractivity contribution >= 4 is 0 Å². The first-order chi connectivity index (χ1) is 12.0. The molecule has 1 aromatic carbocycles. The summed E-state index contributed by atoms with van der Waals surface area (Å²) in [6.45, 7) is 0.0285. The van der Waals surface area contributed by atoms with E-state index >= 15 is 0 Å². The average Bonchev–Trinajstić information content (AvgIpc) is 3.10. The monoisotopic (exact) mass is 346 g/mol. The first kappa shape index (κ1) is 16.4. The summed E-state index contributed by atoms with van der Waals surface area (Å²) in [5, 5.41) is 15.5. The fourth-order valence-electron chi connectivity index (χ4n) is 1.94. The van der Waals surface area contributed by atoms with Crippen molar-refractivity contribution in [3.05, 3.63) is 59.5 Å². The predicted octanol–water partition coefficient (Wildman–Crippen LogP) is 3.66. The number of halogens is 3. The predicted molar refractivity (Wildman–Crippen MR) is 77.9 cm³/mol. The van der Waals surface area contributed by atoms with Gasteiger partial charge in [-0.1, -0.05) is 0 Å². The van der Waals surface area contributed by atoms with Crippen molar-refractivity contribution in [2.24, 2.45) is 0 Å². The van der Waals surface area contributed by atoms with Gasteiger partial charge < -0.3 is 9.15 Å². The minimum Gasteiger partial charge on any atom is -0.487 e. The zero-order chi connectivity index (χ0) is 17.8. The number of pyridine rings is 1. The van der Waals surface area contributed by atoms with Crippen LogP contribution < -0.4 is 4.74 Å². The number of aromatic nitrogens is 3. The third-order valence-corrected chi connectivity index (χ3v) is 3.09. The second-order valence-electron chi connectivity index (χ2n) is 4.86. The third kappa shape index (κ3) is 3.92. The largest absolute Gasteiger partial charge is 0.487 e. The number of benzene rings is 1. The fraction of sp³-hybridized carbons (Fsp3) is 0.125. The molecule has 0 aliphatic rings. The molecule has 0 spiro atoms. The van der Waals surface area contributed by atoms with Crippen LogP contribution in [-0.2, 0) is 6.61 Å². The van der Waals surface area contributed by atoms with Crippen molar-refractivity contribution in [1.29, 1.82) is 5.26 Å². The molecule has 0 unspecified atom stereocenters. The molecule has 0 radical (unpaired) electrons. The standard InChI is InChI=1S/C16H9F3N4O2/c17-11-3-9(6-20)4-13(5-11)24-8-12-2-1-10(7-21-12)15-22-23-16(25-15)14(18)19/h1-5,7,14H,8H2. The molecule has 0 saturated heterocycles. The van der Waals surface area contributed by atoms with Crippen molar-refractivity contribution in [3.63, 3.8) is 0 Å². The van der Waals surface area contributed by atoms with Gasteiger partial charge >= 0.3 is 6.43 Å². The van der Waals surface area contributed by atoms with E-state index in [-0.39, 0.29) is 23.8 Å². The Balaban J connectivity index is 1.68. The van der Waals surface area contributed by atoms with Gasteiger partial charge in [-0.25, -0.2) is 4.39 Å². The minimum atomic E-state index is -2.84. The molecule has 2 aromatic heterocycles. The molecular formula is C16H9F3N4O2. The van der Waals surface area contributed by atoms with Gasteiger partial charge in [-0.2, -0.15) is 14.0 Å². The maximum Gasteiger partial charge on any atom is 0.314 e. The van der Waals surface area contributed by atoms with Gasteiger partial charge in [-0.3, -0.25) is 4.98 Å². The number of ether oxygens (including phenoxy) is 1. The SMILES string of the molecule is N#Cc1cc(F)cc(OCc2ccc(-c3nnc(C(F)F)o3)cn2)c1. The van der Waals surface area contributed by atoms with E-state index in [9.17, 15) is 13.2 Å². The Hall–Kier alpha value is -3.41. The maximum atomic E-state index is 13.3. The highest BCUT2D eigenvalue weighted by Gasteiger charge is 2.17. The van der Waals surface area contributed by atoms with Gasteiger partial charge in [0, 0.05) is 12.3 Å². The molecule has 0 amide bonds. The zero-order valence-corrected chi connectivity index (χ0v) is 12.5. The van der Waals surface area contributed by atoms with Gasteiger partial charge in [0.05, 0.1) is 22.9 Å². The molecule has 6 nitrogen and oxygen atoms in total. The highest BCUT2D eigenvalue weighted by molar-refractivity contribution is 5.50. The molecule has 0 fully saturated rings. The van der Waals surface area contributed by atoms with Crippen LogP contribution in [0.1, 0.15) is 23.6 Å². The topological polar surface area (TPSA) is 84.8 Å². The van der Waals surface area contributed by atoms with Gasteiger partial charge in [0.15, 0.2) is 0 Å². The lowest BCUT2D eigenvalue weighted by Gasteiger charge is -2.06. The summed E-state index contributed by atoms with van der Waals surface area (Å²) in [4.78, 5) is 4.09. The van der Waals surface area contributed by atoms with E-state index in [1.165, 1.54) is 12.3 Å². The summed E-state index contributed by atoms with van der Waals surface area (Å²) >= 11 is 0. The van der Waals surface area contributed by atoms with Crippen LogP contribution in [0.25, 0.3) is 11.5 Å². The Morgan fingerprint density at radius 3 is 2.68 bits per heavy atom. The molecule has 2 heterocycles. The Morgan fingerprint density at radius 2 is 2.04 bits per heavy atom. The van der Waals surface area contributed by atoms with Crippen molar-refractivity contribution in [3.8, 4) is 23.3 Å². The molecular weight excluding hydrogens is 337 g/mol. The minimum absolute atomic E-state index is 0.0285. The molecule has 0 bridgehead atoms. The fourth-order valence-corrected chi connectivity index (χ4v) is 1.94. The molecule has 126 valence electrons. The second-order valence-corrected chi connectivity index (χ2v) is 4.86. The average molecular weight is 346 g/mol. The lowest BCUT2D eigenvalue weighted by molar-refractivity contribution is 0.116. The van der Waals surface area contributed by atoms with Crippen molar-refractivity contribution < 1.29 is 22.3 Å². The molecule has 0 N–H and O–H groups in total. The Morgan fingerprint density at radius 1 is 1.20 bits per heavy atom. The summed E-state index contributed by atoms with van der Waals surface area (Å²) in [5.41, 5.74) is 1.02. The van der Waals surface area contributed by atoms with Crippen LogP contribution in [0.5, 0.6) is 5.75 Å². The van der Waals surface area contributed by atoms with E-state index in [1.54, 1.807) is 12.1 Å². The van der Waals surface area contributed by atoms with E-state index in [4.69, 9.17) is 14.4 Å². The third-order valence-electron chi connectivity index (χ3n) is 3.09. The quantitative estimate of drug-likeness (QED) is 0.701. The molecule has 0 atom stereocenters. The Labute approximate surface area is 139 Å². The first-order valence-electron chi connectivity index (χ1n) is 6.95. The molecule has 9 heteroatoms. The van der Waals surface area contributed by atoms with Gasteiger partial charge in [0.1, 0.15) is 18.2 Å². The lowest BCUT2D eigenvalue weighted by atomic mass is 10.2. The number of alkyl halides is 2. The molecule has 25 heavy (non-hydrogen) atoms. The van der Waals surface area contributed by atoms with E-state index in [2.05, 4.69) is 15.2 Å². The highest BCUT2D eigenvalue weighted by atomic mass is 19.3. The van der Waals surface area contributed by atoms with E-state index in [0.29, 0.717) is 11.3 Å². The van der Waals surface area contributed by atoms with Crippen LogP contribution >= 0.6 is 0 Å². The van der Waals surface area contributed by atoms with E-state index < -0.39 is 18.1 Å². The molecule has 0 aliphatic heterocycles. The zero-order valence-electron chi connectivity index (χ0n) is 12.5. The lowest BCUT2D eigenvalue weighted by Crippen LogP contribution is -1.99. The van der Waals surface area contributed by atoms with Crippen LogP contribution in [-0.4, -0.2) is 15.2 Å². The van der Waals surface area contributed by atoms with E-state index in [1.807, 2.05) is 6.07 Å². The van der Waals surface area contributed by atoms with Crippen LogP contribution in [0.4, 0.5) is 13.2 Å². The first-order valence-corrected chi connectivity index (χ1v) is 6.95. The summed E-state index contributed by atoms with van der Waals surface area (Å²) in [7, 11) is 0. The maximum absolute atomic E-state index is 13.3. The smallest absolute Gasteiger partial charge is 0.314 e. The number of nitriles is 1. The van der Waals surface area contributed by atoms with Gasteiger partial charge in [0.2, 0.25) is 5.89 Å². The van der Waals surface area contributed by atoms with E-state index in [0.717, 1.165) is 12.1 Å². The van der Waals surface area contributed by atoms with Crippen molar-refractivity contribution in [1.82, 2.24) is 15.2 Å².